The summed E-state index contributed by atoms with van der Waals surface area (Å²) in [7, 11) is -4.00. The van der Waals surface area contributed by atoms with Crippen LogP contribution in [-0.4, -0.2) is 57.3 Å². The highest BCUT2D eigenvalue weighted by Crippen LogP contribution is 2.57. The van der Waals surface area contributed by atoms with Crippen LogP contribution in [0, 0.1) is 11.3 Å². The van der Waals surface area contributed by atoms with E-state index in [4.69, 9.17) is 33.5 Å². The highest BCUT2D eigenvalue weighted by molar-refractivity contribution is 7.48. The number of hydrogen-bond donors (Lipinski definition) is 1. The number of pyridine rings is 1. The van der Waals surface area contributed by atoms with Gasteiger partial charge in [-0.1, -0.05) is 0 Å². The minimum Gasteiger partial charge on any atom is -0.424 e. The van der Waals surface area contributed by atoms with Gasteiger partial charge in [-0.25, -0.2) is 18.9 Å². The van der Waals surface area contributed by atoms with Crippen LogP contribution in [-0.2, 0) is 37.9 Å². The number of anilines is 1. The molecule has 3 saturated heterocycles. The van der Waals surface area contributed by atoms with Crippen molar-refractivity contribution in [1.82, 2.24) is 19.6 Å². The Bertz CT molecular complexity index is 1410. The van der Waals surface area contributed by atoms with Crippen molar-refractivity contribution >= 4 is 25.3 Å². The van der Waals surface area contributed by atoms with E-state index < -0.39 is 44.0 Å². The number of carbonyl (C=O) groups is 1. The van der Waals surface area contributed by atoms with Crippen molar-refractivity contribution in [1.29, 1.82) is 5.26 Å². The first-order valence-electron chi connectivity index (χ1n) is 10.9. The number of carbonyl (C=O) groups excluding carboxylic acids is 1. The monoisotopic (exact) mass is 514 g/mol. The fraction of sp³-hybridized carbons (Fsp3) is 0.381. The summed E-state index contributed by atoms with van der Waals surface area (Å²) in [6.07, 6.45) is 0.186. The van der Waals surface area contributed by atoms with Gasteiger partial charge in [-0.15, -0.1) is 0 Å². The molecular formula is C21H19N6O8P. The number of aromatic nitrogens is 4. The maximum absolute atomic E-state index is 13.2. The molecule has 0 radical (unpaired) electrons. The Kier molecular flexibility index (Phi) is 5.40. The number of phosphoric acid groups is 1. The van der Waals surface area contributed by atoms with Gasteiger partial charge in [0.25, 0.3) is 0 Å². The molecule has 2 N–H and O–H groups in total. The molecule has 3 aromatic heterocycles. The van der Waals surface area contributed by atoms with Crippen molar-refractivity contribution in [3.63, 3.8) is 0 Å². The van der Waals surface area contributed by atoms with Crippen molar-refractivity contribution in [2.24, 2.45) is 0 Å². The van der Waals surface area contributed by atoms with Crippen molar-refractivity contribution in [2.45, 2.75) is 36.4 Å². The first kappa shape index (κ1) is 22.8. The van der Waals surface area contributed by atoms with E-state index in [1.54, 1.807) is 36.7 Å². The van der Waals surface area contributed by atoms with Gasteiger partial charge in [-0.3, -0.25) is 18.6 Å². The topological polar surface area (TPSA) is 182 Å². The summed E-state index contributed by atoms with van der Waals surface area (Å²) < 4.78 is 47.9. The predicted octanol–water partition coefficient (Wildman–Crippen LogP) is 2.03. The van der Waals surface area contributed by atoms with Crippen molar-refractivity contribution < 1.29 is 37.1 Å². The lowest BCUT2D eigenvalue weighted by molar-refractivity contribution is -0.0848. The SMILES string of the molecule is N#C[C@@]1(c2ccc3c(N)ncnn23)O[C@H](COP2(=O)OCC[C@@H](c3ccncc3)O2)[C@H]2OC(=O)O[C@H]21. The molecular weight excluding hydrogens is 495 g/mol. The first-order chi connectivity index (χ1) is 17.4. The van der Waals surface area contributed by atoms with E-state index >= 15 is 0 Å². The molecule has 3 aromatic rings. The van der Waals surface area contributed by atoms with Gasteiger partial charge in [0.05, 0.1) is 25.0 Å². The lowest BCUT2D eigenvalue weighted by atomic mass is 9.92. The average molecular weight is 514 g/mol. The third-order valence-corrected chi connectivity index (χ3v) is 7.72. The second kappa shape index (κ2) is 8.51. The Labute approximate surface area is 203 Å². The number of nitriles is 1. The second-order valence-electron chi connectivity index (χ2n) is 8.28. The van der Waals surface area contributed by atoms with E-state index in [-0.39, 0.29) is 24.7 Å². The smallest absolute Gasteiger partial charge is 0.424 e. The van der Waals surface area contributed by atoms with Crippen molar-refractivity contribution in [2.75, 3.05) is 18.9 Å². The van der Waals surface area contributed by atoms with Crippen LogP contribution in [0.3, 0.4) is 0 Å². The van der Waals surface area contributed by atoms with Crippen LogP contribution in [0.25, 0.3) is 5.52 Å². The highest BCUT2D eigenvalue weighted by Gasteiger charge is 2.65. The van der Waals surface area contributed by atoms with E-state index in [1.807, 2.05) is 0 Å². The quantitative estimate of drug-likeness (QED) is 0.386. The van der Waals surface area contributed by atoms with Gasteiger partial charge < -0.3 is 19.9 Å². The van der Waals surface area contributed by atoms with E-state index in [1.165, 1.54) is 10.8 Å². The zero-order valence-electron chi connectivity index (χ0n) is 18.5. The molecule has 6 atom stereocenters. The lowest BCUT2D eigenvalue weighted by Crippen LogP contribution is -2.39. The summed E-state index contributed by atoms with van der Waals surface area (Å²) in [5.41, 5.74) is 5.56. The van der Waals surface area contributed by atoms with Gasteiger partial charge in [0, 0.05) is 18.8 Å². The summed E-state index contributed by atoms with van der Waals surface area (Å²) >= 11 is 0. The molecule has 6 heterocycles. The van der Waals surface area contributed by atoms with Gasteiger partial charge in [-0.2, -0.15) is 10.4 Å². The summed E-state index contributed by atoms with van der Waals surface area (Å²) in [5.74, 6) is 0.187. The number of hydrogen-bond acceptors (Lipinski definition) is 13. The molecule has 0 saturated carbocycles. The zero-order valence-corrected chi connectivity index (χ0v) is 19.4. The van der Waals surface area contributed by atoms with Gasteiger partial charge in [0.15, 0.2) is 18.0 Å². The average Bonchev–Trinajstić information content (AvgIpc) is 3.57. The number of ether oxygens (including phenoxy) is 3. The lowest BCUT2D eigenvalue weighted by Gasteiger charge is -2.30. The van der Waals surface area contributed by atoms with E-state index in [2.05, 4.69) is 21.1 Å². The van der Waals surface area contributed by atoms with Gasteiger partial charge in [-0.05, 0) is 29.8 Å². The van der Waals surface area contributed by atoms with Gasteiger partial charge in [0.1, 0.15) is 24.0 Å². The van der Waals surface area contributed by atoms with Crippen LogP contribution in [0.1, 0.15) is 23.8 Å². The summed E-state index contributed by atoms with van der Waals surface area (Å²) in [5, 5.41) is 14.4. The molecule has 0 aliphatic carbocycles. The molecule has 0 aromatic carbocycles. The van der Waals surface area contributed by atoms with Crippen LogP contribution in [0.2, 0.25) is 0 Å². The Morgan fingerprint density at radius 3 is 2.92 bits per heavy atom. The maximum atomic E-state index is 13.2. The third kappa shape index (κ3) is 3.60. The predicted molar refractivity (Wildman–Crippen MR) is 117 cm³/mol. The molecule has 186 valence electrons. The summed E-state index contributed by atoms with van der Waals surface area (Å²) in [4.78, 5) is 20.0. The minimum atomic E-state index is -4.00. The Morgan fingerprint density at radius 2 is 2.11 bits per heavy atom. The Morgan fingerprint density at radius 1 is 1.28 bits per heavy atom. The zero-order chi connectivity index (χ0) is 24.9. The number of nitrogens with two attached hydrogens (primary N) is 1. The third-order valence-electron chi connectivity index (χ3n) is 6.25. The molecule has 1 unspecified atom stereocenters. The normalized spacial score (nSPS) is 33.6. The molecule has 0 bridgehead atoms. The van der Waals surface area contributed by atoms with Crippen LogP contribution >= 0.6 is 7.82 Å². The van der Waals surface area contributed by atoms with Crippen LogP contribution in [0.4, 0.5) is 10.6 Å². The fourth-order valence-corrected chi connectivity index (χ4v) is 5.99. The molecule has 0 amide bonds. The first-order valence-corrected chi connectivity index (χ1v) is 12.4. The maximum Gasteiger partial charge on any atom is 0.509 e. The second-order valence-corrected chi connectivity index (χ2v) is 9.90. The molecule has 36 heavy (non-hydrogen) atoms. The minimum absolute atomic E-state index is 0.138. The molecule has 3 aliphatic rings. The summed E-state index contributed by atoms with van der Waals surface area (Å²) in [6, 6.07) is 8.78. The van der Waals surface area contributed by atoms with E-state index in [0.29, 0.717) is 11.9 Å². The van der Waals surface area contributed by atoms with Crippen LogP contribution in [0.5, 0.6) is 0 Å². The molecule has 3 aliphatic heterocycles. The molecule has 15 heteroatoms. The van der Waals surface area contributed by atoms with E-state index in [9.17, 15) is 14.6 Å². The molecule has 0 spiro atoms. The van der Waals surface area contributed by atoms with Gasteiger partial charge >= 0.3 is 14.0 Å². The number of nitrogens with zero attached hydrogens (tertiary/aromatic N) is 5. The number of rotatable bonds is 5. The largest absolute Gasteiger partial charge is 0.509 e. The number of nitrogen functional groups attached to an aromatic ring is 1. The van der Waals surface area contributed by atoms with Crippen molar-refractivity contribution in [3.05, 3.63) is 54.2 Å². The number of fused-ring (bicyclic) bond motifs is 2. The highest BCUT2D eigenvalue weighted by atomic mass is 31.2. The molecule has 6 rings (SSSR count). The Hall–Kier alpha value is -3.60. The van der Waals surface area contributed by atoms with Crippen LogP contribution in [0.15, 0.2) is 43.0 Å². The fourth-order valence-electron chi connectivity index (χ4n) is 4.59. The van der Waals surface area contributed by atoms with Crippen LogP contribution < -0.4 is 5.73 Å². The standard InChI is InChI=1S/C21H19N6O8P/c22-10-21(16-2-1-13-19(23)25-11-26-27(13)16)18-17(32-20(28)33-18)15(34-21)9-31-36(29)30-8-5-14(35-36)12-3-6-24-7-4-12/h1-4,6-7,11,14-15,17-18H,5,8-9H2,(H2,23,25,26)/t14-,15+,17+,18+,21-,36?/m0/s1. The van der Waals surface area contributed by atoms with Gasteiger partial charge in [0.2, 0.25) is 5.60 Å². The Balaban J connectivity index is 1.26. The van der Waals surface area contributed by atoms with Crippen molar-refractivity contribution in [3.8, 4) is 6.07 Å². The number of phosphoric ester groups is 1. The molecule has 3 fully saturated rings. The van der Waals surface area contributed by atoms with E-state index in [0.717, 1.165) is 5.56 Å². The summed E-state index contributed by atoms with van der Waals surface area (Å²) in [6.45, 7) is -0.235. The molecule has 14 nitrogen and oxygen atoms in total.